The van der Waals surface area contributed by atoms with Crippen molar-refractivity contribution < 1.29 is 9.59 Å². The predicted molar refractivity (Wildman–Crippen MR) is 109 cm³/mol. The quantitative estimate of drug-likeness (QED) is 0.904. The lowest BCUT2D eigenvalue weighted by Crippen LogP contribution is -2.52. The summed E-state index contributed by atoms with van der Waals surface area (Å²) in [6, 6.07) is 17.1. The molecule has 0 aromatic heterocycles. The molecule has 2 aromatic rings. The van der Waals surface area contributed by atoms with Crippen LogP contribution in [0.3, 0.4) is 0 Å². The Bertz CT molecular complexity index is 804. The van der Waals surface area contributed by atoms with Crippen molar-refractivity contribution in [2.24, 2.45) is 5.41 Å². The molecular weight excluding hydrogens is 338 g/mol. The van der Waals surface area contributed by atoms with E-state index in [0.717, 1.165) is 24.5 Å². The first-order valence-corrected chi connectivity index (χ1v) is 9.36. The van der Waals surface area contributed by atoms with Crippen LogP contribution in [0.4, 0.5) is 11.4 Å². The van der Waals surface area contributed by atoms with Gasteiger partial charge in [-0.3, -0.25) is 9.59 Å². The maximum atomic E-state index is 12.8. The monoisotopic (exact) mass is 365 g/mol. The van der Waals surface area contributed by atoms with Crippen LogP contribution in [0.15, 0.2) is 54.6 Å². The highest BCUT2D eigenvalue weighted by Gasteiger charge is 2.30. The predicted octanol–water partition coefficient (Wildman–Crippen LogP) is 3.63. The number of carbonyl (C=O) groups is 2. The van der Waals surface area contributed by atoms with Gasteiger partial charge in [0.1, 0.15) is 0 Å². The minimum atomic E-state index is -0.365. The number of carbonyl (C=O) groups excluding carboxylic acids is 2. The van der Waals surface area contributed by atoms with Crippen molar-refractivity contribution in [1.29, 1.82) is 0 Å². The van der Waals surface area contributed by atoms with Gasteiger partial charge >= 0.3 is 0 Å². The summed E-state index contributed by atoms with van der Waals surface area (Å²) in [5, 5.41) is 2.95. The van der Waals surface area contributed by atoms with Gasteiger partial charge in [0.25, 0.3) is 5.91 Å². The number of para-hydroxylation sites is 2. The summed E-state index contributed by atoms with van der Waals surface area (Å²) in [5.41, 5.74) is 1.97. The van der Waals surface area contributed by atoms with E-state index in [-0.39, 0.29) is 17.2 Å². The summed E-state index contributed by atoms with van der Waals surface area (Å²) in [4.78, 5) is 29.4. The lowest BCUT2D eigenvalue weighted by Gasteiger charge is -2.39. The standard InChI is InChI=1S/C22H27N3O2/c1-22(2,3)21(27)25-15-13-24(14-16-25)19-12-8-7-11-18(19)20(26)23-17-9-5-4-6-10-17/h4-12H,13-16H2,1-3H3,(H,23,26). The molecule has 0 bridgehead atoms. The van der Waals surface area contributed by atoms with Crippen LogP contribution in [0.1, 0.15) is 31.1 Å². The highest BCUT2D eigenvalue weighted by molar-refractivity contribution is 6.08. The second-order valence-electron chi connectivity index (χ2n) is 7.87. The maximum absolute atomic E-state index is 12.8. The normalized spacial score (nSPS) is 14.8. The van der Waals surface area contributed by atoms with Crippen LogP contribution in [0.2, 0.25) is 0 Å². The molecule has 142 valence electrons. The number of nitrogens with zero attached hydrogens (tertiary/aromatic N) is 2. The Labute approximate surface area is 161 Å². The number of amides is 2. The van der Waals surface area contributed by atoms with Crippen molar-refractivity contribution in [2.45, 2.75) is 20.8 Å². The fourth-order valence-corrected chi connectivity index (χ4v) is 3.29. The topological polar surface area (TPSA) is 52.7 Å². The molecule has 0 radical (unpaired) electrons. The molecule has 2 amide bonds. The summed E-state index contributed by atoms with van der Waals surface area (Å²) in [7, 11) is 0. The summed E-state index contributed by atoms with van der Waals surface area (Å²) in [5.74, 6) is 0.0576. The molecule has 5 nitrogen and oxygen atoms in total. The number of hydrogen-bond acceptors (Lipinski definition) is 3. The Kier molecular flexibility index (Phi) is 5.49. The van der Waals surface area contributed by atoms with Gasteiger partial charge in [-0.05, 0) is 24.3 Å². The third-order valence-electron chi connectivity index (χ3n) is 4.73. The second kappa shape index (κ2) is 7.82. The van der Waals surface area contributed by atoms with Gasteiger partial charge in [-0.2, -0.15) is 0 Å². The largest absolute Gasteiger partial charge is 0.367 e. The smallest absolute Gasteiger partial charge is 0.257 e. The molecule has 1 heterocycles. The molecule has 0 atom stereocenters. The van der Waals surface area contributed by atoms with Crippen molar-refractivity contribution in [3.05, 3.63) is 60.2 Å². The van der Waals surface area contributed by atoms with Gasteiger partial charge in [0.2, 0.25) is 5.91 Å². The zero-order valence-electron chi connectivity index (χ0n) is 16.2. The Balaban J connectivity index is 1.72. The maximum Gasteiger partial charge on any atom is 0.257 e. The van der Waals surface area contributed by atoms with Crippen LogP contribution in [-0.4, -0.2) is 42.9 Å². The molecule has 3 rings (SSSR count). The SMILES string of the molecule is CC(C)(C)C(=O)N1CCN(c2ccccc2C(=O)Nc2ccccc2)CC1. The number of hydrogen-bond donors (Lipinski definition) is 1. The second-order valence-corrected chi connectivity index (χ2v) is 7.87. The molecule has 1 fully saturated rings. The van der Waals surface area contributed by atoms with Crippen molar-refractivity contribution in [1.82, 2.24) is 4.90 Å². The molecule has 2 aromatic carbocycles. The van der Waals surface area contributed by atoms with E-state index in [2.05, 4.69) is 10.2 Å². The highest BCUT2D eigenvalue weighted by Crippen LogP contribution is 2.25. The zero-order chi connectivity index (χ0) is 19.4. The lowest BCUT2D eigenvalue weighted by atomic mass is 9.94. The van der Waals surface area contributed by atoms with Gasteiger partial charge in [0, 0.05) is 43.0 Å². The average Bonchev–Trinajstić information content (AvgIpc) is 2.67. The van der Waals surface area contributed by atoms with Crippen molar-refractivity contribution >= 4 is 23.2 Å². The van der Waals surface area contributed by atoms with E-state index in [1.54, 1.807) is 0 Å². The molecule has 1 aliphatic heterocycles. The molecule has 1 saturated heterocycles. The average molecular weight is 365 g/mol. The number of rotatable bonds is 3. The molecule has 0 saturated carbocycles. The molecule has 0 spiro atoms. The molecule has 5 heteroatoms. The molecule has 0 unspecified atom stereocenters. The van der Waals surface area contributed by atoms with E-state index in [9.17, 15) is 9.59 Å². The van der Waals surface area contributed by atoms with Crippen molar-refractivity contribution in [3.63, 3.8) is 0 Å². The fourth-order valence-electron chi connectivity index (χ4n) is 3.29. The fraction of sp³-hybridized carbons (Fsp3) is 0.364. The lowest BCUT2D eigenvalue weighted by molar-refractivity contribution is -0.139. The first-order chi connectivity index (χ1) is 12.9. The summed E-state index contributed by atoms with van der Waals surface area (Å²) in [6.07, 6.45) is 0. The summed E-state index contributed by atoms with van der Waals surface area (Å²) in [6.45, 7) is 8.63. The van der Waals surface area contributed by atoms with Crippen LogP contribution in [0, 0.1) is 5.41 Å². The van der Waals surface area contributed by atoms with Gasteiger partial charge < -0.3 is 15.1 Å². The van der Waals surface area contributed by atoms with E-state index in [1.165, 1.54) is 0 Å². The van der Waals surface area contributed by atoms with E-state index in [1.807, 2.05) is 80.3 Å². The minimum Gasteiger partial charge on any atom is -0.367 e. The van der Waals surface area contributed by atoms with Crippen molar-refractivity contribution in [2.75, 3.05) is 36.4 Å². The van der Waals surface area contributed by atoms with Crippen molar-refractivity contribution in [3.8, 4) is 0 Å². The van der Waals surface area contributed by atoms with Gasteiger partial charge in [-0.1, -0.05) is 51.1 Å². The highest BCUT2D eigenvalue weighted by atomic mass is 16.2. The number of benzene rings is 2. The van der Waals surface area contributed by atoms with Crippen LogP contribution in [-0.2, 0) is 4.79 Å². The molecule has 1 N–H and O–H groups in total. The first-order valence-electron chi connectivity index (χ1n) is 9.36. The van der Waals surface area contributed by atoms with Crippen LogP contribution in [0.5, 0.6) is 0 Å². The van der Waals surface area contributed by atoms with E-state index in [4.69, 9.17) is 0 Å². The summed E-state index contributed by atoms with van der Waals surface area (Å²) < 4.78 is 0. The van der Waals surface area contributed by atoms with Gasteiger partial charge in [-0.25, -0.2) is 0 Å². The van der Waals surface area contributed by atoms with Gasteiger partial charge in [0.05, 0.1) is 5.56 Å². The van der Waals surface area contributed by atoms with Gasteiger partial charge in [-0.15, -0.1) is 0 Å². The third-order valence-corrected chi connectivity index (χ3v) is 4.73. The molecule has 0 aliphatic carbocycles. The van der Waals surface area contributed by atoms with E-state index < -0.39 is 0 Å². The van der Waals surface area contributed by atoms with Crippen LogP contribution >= 0.6 is 0 Å². The Morgan fingerprint density at radius 1 is 0.852 bits per heavy atom. The molecule has 1 aliphatic rings. The summed E-state index contributed by atoms with van der Waals surface area (Å²) >= 11 is 0. The zero-order valence-corrected chi connectivity index (χ0v) is 16.2. The Morgan fingerprint density at radius 2 is 1.44 bits per heavy atom. The van der Waals surface area contributed by atoms with Crippen LogP contribution in [0.25, 0.3) is 0 Å². The molecule has 27 heavy (non-hydrogen) atoms. The number of piperazine rings is 1. The van der Waals surface area contributed by atoms with E-state index in [0.29, 0.717) is 18.7 Å². The van der Waals surface area contributed by atoms with Crippen LogP contribution < -0.4 is 10.2 Å². The van der Waals surface area contributed by atoms with Gasteiger partial charge in [0.15, 0.2) is 0 Å². The first kappa shape index (κ1) is 19.0. The number of anilines is 2. The Hall–Kier alpha value is -2.82. The third kappa shape index (κ3) is 4.48. The van der Waals surface area contributed by atoms with E-state index >= 15 is 0 Å². The Morgan fingerprint density at radius 3 is 2.07 bits per heavy atom. The number of nitrogens with one attached hydrogen (secondary N) is 1. The minimum absolute atomic E-state index is 0.120. The molecular formula is C22H27N3O2.